The van der Waals surface area contributed by atoms with E-state index in [1.54, 1.807) is 25.1 Å². The van der Waals surface area contributed by atoms with E-state index in [9.17, 15) is 15.0 Å². The molecule has 0 amide bonds. The van der Waals surface area contributed by atoms with Crippen LogP contribution in [0.15, 0.2) is 18.2 Å². The van der Waals surface area contributed by atoms with Crippen LogP contribution in [0.3, 0.4) is 0 Å². The van der Waals surface area contributed by atoms with Crippen molar-refractivity contribution in [3.63, 3.8) is 0 Å². The Labute approximate surface area is 93.8 Å². The number of aliphatic hydroxyl groups excluding tert-OH is 2. The molecule has 0 spiro atoms. The fraction of sp³-hybridized carbons (Fsp3) is 0.333. The van der Waals surface area contributed by atoms with E-state index in [4.69, 9.17) is 5.26 Å². The van der Waals surface area contributed by atoms with Gasteiger partial charge >= 0.3 is 0 Å². The van der Waals surface area contributed by atoms with Gasteiger partial charge in [-0.25, -0.2) is 0 Å². The molecule has 0 aromatic heterocycles. The van der Waals surface area contributed by atoms with Gasteiger partial charge in [0.25, 0.3) is 0 Å². The Balaban J connectivity index is 3.07. The monoisotopic (exact) mass is 219 g/mol. The molecule has 2 N–H and O–H groups in total. The third-order valence-electron chi connectivity index (χ3n) is 2.40. The molecule has 0 heterocycles. The molecule has 2 atom stereocenters. The van der Waals surface area contributed by atoms with Gasteiger partial charge in [0, 0.05) is 5.56 Å². The number of aliphatic hydroxyl groups is 2. The maximum absolute atomic E-state index is 11.2. The highest BCUT2D eigenvalue weighted by atomic mass is 16.3. The number of benzene rings is 1. The molecule has 0 fully saturated rings. The Hall–Kier alpha value is -1.70. The van der Waals surface area contributed by atoms with E-state index in [1.165, 1.54) is 13.0 Å². The minimum absolute atomic E-state index is 0.0561. The zero-order chi connectivity index (χ0) is 12.3. The second-order valence-electron chi connectivity index (χ2n) is 3.65. The molecule has 2 unspecified atom stereocenters. The summed E-state index contributed by atoms with van der Waals surface area (Å²) in [5.74, 6) is -0.0561. The summed E-state index contributed by atoms with van der Waals surface area (Å²) in [5.41, 5.74) is 1.72. The van der Waals surface area contributed by atoms with Gasteiger partial charge < -0.3 is 10.2 Å². The molecule has 0 bridgehead atoms. The average Bonchev–Trinajstić information content (AvgIpc) is 2.26. The lowest BCUT2D eigenvalue weighted by Crippen LogP contribution is -2.16. The van der Waals surface area contributed by atoms with Gasteiger partial charge in [0.2, 0.25) is 0 Å². The highest BCUT2D eigenvalue weighted by Crippen LogP contribution is 2.20. The largest absolute Gasteiger partial charge is 0.385 e. The van der Waals surface area contributed by atoms with Crippen LogP contribution in [-0.4, -0.2) is 22.1 Å². The molecule has 0 aliphatic heterocycles. The molecule has 0 radical (unpaired) electrons. The quantitative estimate of drug-likeness (QED) is 0.589. The minimum atomic E-state index is -1.46. The minimum Gasteiger partial charge on any atom is -0.385 e. The first-order chi connectivity index (χ1) is 7.47. The molecule has 4 nitrogen and oxygen atoms in total. The molecule has 16 heavy (non-hydrogen) atoms. The van der Waals surface area contributed by atoms with E-state index >= 15 is 0 Å². The number of rotatable bonds is 3. The Morgan fingerprint density at radius 2 is 2.06 bits per heavy atom. The molecule has 1 aromatic carbocycles. The third kappa shape index (κ3) is 2.45. The number of nitrogens with zero attached hydrogens (tertiary/aromatic N) is 1. The van der Waals surface area contributed by atoms with Crippen LogP contribution in [0.25, 0.3) is 0 Å². The second kappa shape index (κ2) is 4.88. The van der Waals surface area contributed by atoms with Crippen molar-refractivity contribution in [3.05, 3.63) is 34.9 Å². The molecule has 84 valence electrons. The summed E-state index contributed by atoms with van der Waals surface area (Å²) in [4.78, 5) is 11.2. The zero-order valence-corrected chi connectivity index (χ0v) is 9.14. The van der Waals surface area contributed by atoms with Crippen LogP contribution in [0.5, 0.6) is 0 Å². The number of carbonyl (C=O) groups is 1. The molecular formula is C12H13NO3. The molecule has 4 heteroatoms. The molecule has 1 aromatic rings. The average molecular weight is 219 g/mol. The SMILES string of the molecule is CC(=O)c1ccc(C(O)C(O)C#N)cc1C. The van der Waals surface area contributed by atoms with E-state index in [-0.39, 0.29) is 5.78 Å². The van der Waals surface area contributed by atoms with Gasteiger partial charge in [-0.15, -0.1) is 0 Å². The normalized spacial score (nSPS) is 13.9. The van der Waals surface area contributed by atoms with Gasteiger partial charge in [-0.2, -0.15) is 5.26 Å². The first-order valence-electron chi connectivity index (χ1n) is 4.84. The number of nitriles is 1. The van der Waals surface area contributed by atoms with Crippen molar-refractivity contribution >= 4 is 5.78 Å². The predicted molar refractivity (Wildman–Crippen MR) is 57.8 cm³/mol. The number of ketones is 1. The Bertz CT molecular complexity index is 448. The van der Waals surface area contributed by atoms with E-state index < -0.39 is 12.2 Å². The zero-order valence-electron chi connectivity index (χ0n) is 9.14. The van der Waals surface area contributed by atoms with Crippen molar-refractivity contribution < 1.29 is 15.0 Å². The van der Waals surface area contributed by atoms with Gasteiger partial charge in [-0.3, -0.25) is 4.79 Å². The topological polar surface area (TPSA) is 81.3 Å². The van der Waals surface area contributed by atoms with Gasteiger partial charge in [-0.1, -0.05) is 18.2 Å². The van der Waals surface area contributed by atoms with Crippen LogP contribution in [0, 0.1) is 18.3 Å². The number of hydrogen-bond donors (Lipinski definition) is 2. The summed E-state index contributed by atoms with van der Waals surface area (Å²) in [5, 5.41) is 27.2. The molecule has 0 saturated heterocycles. The summed E-state index contributed by atoms with van der Waals surface area (Å²) in [6.45, 7) is 3.20. The fourth-order valence-electron chi connectivity index (χ4n) is 1.52. The summed E-state index contributed by atoms with van der Waals surface area (Å²) in [7, 11) is 0. The standard InChI is InChI=1S/C12H13NO3/c1-7-5-9(12(16)11(15)6-13)3-4-10(7)8(2)14/h3-5,11-12,15-16H,1-2H3. The molecule has 0 aliphatic carbocycles. The lowest BCUT2D eigenvalue weighted by atomic mass is 9.98. The number of carbonyl (C=O) groups excluding carboxylic acids is 1. The second-order valence-corrected chi connectivity index (χ2v) is 3.65. The van der Waals surface area contributed by atoms with Gasteiger partial charge in [0.1, 0.15) is 6.10 Å². The maximum atomic E-state index is 11.2. The summed E-state index contributed by atoms with van der Waals surface area (Å²) >= 11 is 0. The van der Waals surface area contributed by atoms with E-state index in [0.717, 1.165) is 0 Å². The predicted octanol–water partition coefficient (Wildman–Crippen LogP) is 1.12. The van der Waals surface area contributed by atoms with Crippen molar-refractivity contribution in [1.29, 1.82) is 5.26 Å². The van der Waals surface area contributed by atoms with Gasteiger partial charge in [-0.05, 0) is 25.0 Å². The number of aryl methyl sites for hydroxylation is 1. The van der Waals surface area contributed by atoms with Crippen LogP contribution in [-0.2, 0) is 0 Å². The lowest BCUT2D eigenvalue weighted by Gasteiger charge is -2.13. The van der Waals surface area contributed by atoms with E-state index in [1.807, 2.05) is 0 Å². The molecule has 1 rings (SSSR count). The van der Waals surface area contributed by atoms with Gasteiger partial charge in [0.15, 0.2) is 11.9 Å². The Morgan fingerprint density at radius 1 is 1.44 bits per heavy atom. The van der Waals surface area contributed by atoms with Crippen LogP contribution in [0.4, 0.5) is 0 Å². The Kier molecular flexibility index (Phi) is 3.78. The lowest BCUT2D eigenvalue weighted by molar-refractivity contribution is 0.0527. The van der Waals surface area contributed by atoms with E-state index in [2.05, 4.69) is 0 Å². The smallest absolute Gasteiger partial charge is 0.170 e. The Morgan fingerprint density at radius 3 is 2.50 bits per heavy atom. The number of hydrogen-bond acceptors (Lipinski definition) is 4. The van der Waals surface area contributed by atoms with Gasteiger partial charge in [0.05, 0.1) is 6.07 Å². The highest BCUT2D eigenvalue weighted by molar-refractivity contribution is 5.95. The van der Waals surface area contributed by atoms with Crippen molar-refractivity contribution in [1.82, 2.24) is 0 Å². The molecule has 0 aliphatic rings. The van der Waals surface area contributed by atoms with Crippen molar-refractivity contribution in [2.45, 2.75) is 26.1 Å². The van der Waals surface area contributed by atoms with E-state index in [0.29, 0.717) is 16.7 Å². The van der Waals surface area contributed by atoms with Crippen LogP contribution in [0.2, 0.25) is 0 Å². The van der Waals surface area contributed by atoms with Crippen molar-refractivity contribution in [2.75, 3.05) is 0 Å². The maximum Gasteiger partial charge on any atom is 0.170 e. The van der Waals surface area contributed by atoms with Crippen LogP contribution in [0.1, 0.15) is 34.5 Å². The first kappa shape index (κ1) is 12.4. The van der Waals surface area contributed by atoms with Crippen LogP contribution >= 0.6 is 0 Å². The van der Waals surface area contributed by atoms with Crippen LogP contribution < -0.4 is 0 Å². The molecule has 0 saturated carbocycles. The van der Waals surface area contributed by atoms with Crippen molar-refractivity contribution in [2.24, 2.45) is 0 Å². The highest BCUT2D eigenvalue weighted by Gasteiger charge is 2.18. The summed E-state index contributed by atoms with van der Waals surface area (Å²) in [6.07, 6.45) is -2.70. The summed E-state index contributed by atoms with van der Waals surface area (Å²) in [6, 6.07) is 6.28. The first-order valence-corrected chi connectivity index (χ1v) is 4.84. The van der Waals surface area contributed by atoms with Crippen molar-refractivity contribution in [3.8, 4) is 6.07 Å². The fourth-order valence-corrected chi connectivity index (χ4v) is 1.52. The molecular weight excluding hydrogens is 206 g/mol. The number of Topliss-reactive ketones (excluding diaryl/α,β-unsaturated/α-hetero) is 1. The third-order valence-corrected chi connectivity index (χ3v) is 2.40. The summed E-state index contributed by atoms with van der Waals surface area (Å²) < 4.78 is 0.